The van der Waals surface area contributed by atoms with Gasteiger partial charge in [-0.1, -0.05) is 70.5 Å². The van der Waals surface area contributed by atoms with Crippen molar-refractivity contribution in [2.24, 2.45) is 0 Å². The second-order valence-corrected chi connectivity index (χ2v) is 10.8. The standard InChI is InChI=1S/C33H29BrN2O3/c1-21-22(2)36(20-24-8-12-25(13-9-24)28-6-4-5-7-29(28)33(38)39)31-17-14-26(18-30(21)31)32(37)35(3)19-23-10-15-27(34)16-11-23/h4-18H,19-20H2,1-3H3,(H,38,39). The van der Waals surface area contributed by atoms with Crippen LogP contribution in [0.3, 0.4) is 0 Å². The van der Waals surface area contributed by atoms with Crippen molar-refractivity contribution < 1.29 is 14.7 Å². The Kier molecular flexibility index (Phi) is 7.40. The minimum absolute atomic E-state index is 0.0122. The molecule has 0 unspecified atom stereocenters. The Morgan fingerprint density at radius 2 is 1.54 bits per heavy atom. The Hall–Kier alpha value is -4.16. The Morgan fingerprint density at radius 3 is 2.23 bits per heavy atom. The Balaban J connectivity index is 1.39. The van der Waals surface area contributed by atoms with E-state index in [0.717, 1.165) is 43.3 Å². The number of hydrogen-bond donors (Lipinski definition) is 1. The Morgan fingerprint density at radius 1 is 0.872 bits per heavy atom. The zero-order chi connectivity index (χ0) is 27.7. The largest absolute Gasteiger partial charge is 0.478 e. The van der Waals surface area contributed by atoms with E-state index in [1.165, 1.54) is 0 Å². The summed E-state index contributed by atoms with van der Waals surface area (Å²) in [6, 6.07) is 29.0. The molecule has 0 radical (unpaired) electrons. The average Bonchev–Trinajstić information content (AvgIpc) is 3.18. The molecule has 0 aliphatic rings. The van der Waals surface area contributed by atoms with E-state index < -0.39 is 5.97 Å². The summed E-state index contributed by atoms with van der Waals surface area (Å²) in [6.45, 7) is 5.41. The van der Waals surface area contributed by atoms with Crippen molar-refractivity contribution in [3.8, 4) is 11.1 Å². The lowest BCUT2D eigenvalue weighted by Crippen LogP contribution is -2.26. The topological polar surface area (TPSA) is 62.5 Å². The third-order valence-corrected chi connectivity index (χ3v) is 7.86. The number of halogens is 1. The van der Waals surface area contributed by atoms with Gasteiger partial charge in [0.1, 0.15) is 0 Å². The van der Waals surface area contributed by atoms with Gasteiger partial charge >= 0.3 is 5.97 Å². The normalized spacial score (nSPS) is 11.1. The highest BCUT2D eigenvalue weighted by Crippen LogP contribution is 2.29. The number of aromatic carboxylic acids is 1. The van der Waals surface area contributed by atoms with E-state index in [0.29, 0.717) is 29.8 Å². The molecule has 0 spiro atoms. The van der Waals surface area contributed by atoms with Crippen LogP contribution in [0.2, 0.25) is 0 Å². The van der Waals surface area contributed by atoms with Gasteiger partial charge in [0.15, 0.2) is 0 Å². The summed E-state index contributed by atoms with van der Waals surface area (Å²) < 4.78 is 3.28. The smallest absolute Gasteiger partial charge is 0.336 e. The van der Waals surface area contributed by atoms with Crippen molar-refractivity contribution in [3.63, 3.8) is 0 Å². The molecule has 5 rings (SSSR count). The number of rotatable bonds is 7. The van der Waals surface area contributed by atoms with Gasteiger partial charge in [0.2, 0.25) is 0 Å². The van der Waals surface area contributed by atoms with Crippen LogP contribution >= 0.6 is 15.9 Å². The van der Waals surface area contributed by atoms with Crippen molar-refractivity contribution in [1.82, 2.24) is 9.47 Å². The molecule has 0 aliphatic heterocycles. The molecule has 0 saturated carbocycles. The molecule has 6 heteroatoms. The van der Waals surface area contributed by atoms with Crippen molar-refractivity contribution in [1.29, 1.82) is 0 Å². The number of fused-ring (bicyclic) bond motifs is 1. The predicted molar refractivity (Wildman–Crippen MR) is 159 cm³/mol. The summed E-state index contributed by atoms with van der Waals surface area (Å²) in [5.74, 6) is -0.946. The maximum atomic E-state index is 13.2. The zero-order valence-corrected chi connectivity index (χ0v) is 23.7. The molecular formula is C33H29BrN2O3. The van der Waals surface area contributed by atoms with Crippen LogP contribution in [0.5, 0.6) is 0 Å². The first kappa shape index (κ1) is 26.4. The van der Waals surface area contributed by atoms with Crippen LogP contribution in [0.1, 0.15) is 43.1 Å². The van der Waals surface area contributed by atoms with Crippen molar-refractivity contribution in [2.45, 2.75) is 26.9 Å². The maximum absolute atomic E-state index is 13.2. The fourth-order valence-electron chi connectivity index (χ4n) is 5.04. The van der Waals surface area contributed by atoms with Gasteiger partial charge < -0.3 is 14.6 Å². The van der Waals surface area contributed by atoms with Crippen molar-refractivity contribution in [3.05, 3.63) is 129 Å². The molecule has 5 aromatic rings. The number of carboxylic acids is 1. The summed E-state index contributed by atoms with van der Waals surface area (Å²) in [5, 5.41) is 10.6. The summed E-state index contributed by atoms with van der Waals surface area (Å²) in [6.07, 6.45) is 0. The van der Waals surface area contributed by atoms with E-state index >= 15 is 0 Å². The number of nitrogens with zero attached hydrogens (tertiary/aromatic N) is 2. The van der Waals surface area contributed by atoms with E-state index in [1.54, 1.807) is 17.0 Å². The number of carbonyl (C=O) groups excluding carboxylic acids is 1. The lowest BCUT2D eigenvalue weighted by Gasteiger charge is -2.18. The second-order valence-electron chi connectivity index (χ2n) is 9.86. The van der Waals surface area contributed by atoms with Gasteiger partial charge in [0.05, 0.1) is 5.56 Å². The van der Waals surface area contributed by atoms with Gasteiger partial charge in [-0.2, -0.15) is 0 Å². The highest BCUT2D eigenvalue weighted by Gasteiger charge is 2.17. The van der Waals surface area contributed by atoms with Crippen LogP contribution < -0.4 is 0 Å². The minimum atomic E-state index is -0.933. The highest BCUT2D eigenvalue weighted by atomic mass is 79.9. The number of carbonyl (C=O) groups is 2. The molecule has 1 N–H and O–H groups in total. The average molecular weight is 582 g/mol. The Labute approximate surface area is 236 Å². The number of aryl methyl sites for hydroxylation is 1. The quantitative estimate of drug-likeness (QED) is 0.214. The summed E-state index contributed by atoms with van der Waals surface area (Å²) >= 11 is 3.45. The van der Waals surface area contributed by atoms with Crippen LogP contribution in [0.15, 0.2) is 95.5 Å². The number of amides is 1. The number of hydrogen-bond acceptors (Lipinski definition) is 2. The first-order valence-corrected chi connectivity index (χ1v) is 13.5. The Bertz CT molecular complexity index is 1690. The van der Waals surface area contributed by atoms with Gasteiger partial charge in [0.25, 0.3) is 5.91 Å². The fourth-order valence-corrected chi connectivity index (χ4v) is 5.30. The summed E-state index contributed by atoms with van der Waals surface area (Å²) in [7, 11) is 1.83. The van der Waals surface area contributed by atoms with E-state index in [4.69, 9.17) is 0 Å². The van der Waals surface area contributed by atoms with E-state index in [9.17, 15) is 14.7 Å². The predicted octanol–water partition coefficient (Wildman–Crippen LogP) is 7.71. The number of carboxylic acid groups (broad SMARTS) is 1. The van der Waals surface area contributed by atoms with Gasteiger partial charge in [-0.15, -0.1) is 0 Å². The molecule has 5 nitrogen and oxygen atoms in total. The molecule has 39 heavy (non-hydrogen) atoms. The lowest BCUT2D eigenvalue weighted by molar-refractivity contribution is 0.0697. The molecule has 1 aromatic heterocycles. The highest BCUT2D eigenvalue weighted by molar-refractivity contribution is 9.10. The summed E-state index contributed by atoms with van der Waals surface area (Å²) in [4.78, 5) is 26.6. The summed E-state index contributed by atoms with van der Waals surface area (Å²) in [5.41, 5.74) is 8.11. The molecular weight excluding hydrogens is 552 g/mol. The second kappa shape index (κ2) is 10.9. The molecule has 196 valence electrons. The molecule has 0 atom stereocenters. The molecule has 4 aromatic carbocycles. The van der Waals surface area contributed by atoms with Crippen LogP contribution in [-0.2, 0) is 13.1 Å². The molecule has 0 saturated heterocycles. The van der Waals surface area contributed by atoms with E-state index in [1.807, 2.05) is 85.9 Å². The van der Waals surface area contributed by atoms with Crippen molar-refractivity contribution >= 4 is 38.7 Å². The van der Waals surface area contributed by atoms with Crippen LogP contribution in [0.25, 0.3) is 22.0 Å². The van der Waals surface area contributed by atoms with E-state index in [-0.39, 0.29) is 5.91 Å². The first-order valence-electron chi connectivity index (χ1n) is 12.7. The lowest BCUT2D eigenvalue weighted by atomic mass is 9.99. The molecule has 0 fully saturated rings. The van der Waals surface area contributed by atoms with Crippen LogP contribution in [0, 0.1) is 13.8 Å². The van der Waals surface area contributed by atoms with Gasteiger partial charge in [-0.25, -0.2) is 4.79 Å². The molecule has 1 amide bonds. The molecule has 0 aliphatic carbocycles. The number of benzene rings is 4. The third kappa shape index (κ3) is 5.38. The first-order chi connectivity index (χ1) is 18.7. The van der Waals surface area contributed by atoms with Crippen LogP contribution in [0.4, 0.5) is 0 Å². The zero-order valence-electron chi connectivity index (χ0n) is 22.1. The van der Waals surface area contributed by atoms with Gasteiger partial charge in [0, 0.05) is 46.8 Å². The maximum Gasteiger partial charge on any atom is 0.336 e. The monoisotopic (exact) mass is 580 g/mol. The van der Waals surface area contributed by atoms with Crippen molar-refractivity contribution in [2.75, 3.05) is 7.05 Å². The molecule has 0 bridgehead atoms. The van der Waals surface area contributed by atoms with E-state index in [2.05, 4.69) is 34.3 Å². The SMILES string of the molecule is Cc1c(C)n(Cc2ccc(-c3ccccc3C(=O)O)cc2)c2ccc(C(=O)N(C)Cc3ccc(Br)cc3)cc12. The molecule has 1 heterocycles. The third-order valence-electron chi connectivity index (χ3n) is 7.33. The van der Waals surface area contributed by atoms with Crippen LogP contribution in [-0.4, -0.2) is 33.5 Å². The fraction of sp³-hybridized carbons (Fsp3) is 0.152. The minimum Gasteiger partial charge on any atom is -0.478 e. The van der Waals surface area contributed by atoms with Gasteiger partial charge in [-0.3, -0.25) is 4.79 Å². The number of aromatic nitrogens is 1. The van der Waals surface area contributed by atoms with Gasteiger partial charge in [-0.05, 0) is 78.1 Å².